The molecule has 2 aliphatic rings. The summed E-state index contributed by atoms with van der Waals surface area (Å²) in [5, 5.41) is 8.60. The molecule has 0 fully saturated rings. The number of fused-ring (bicyclic) bond motifs is 1. The Labute approximate surface area is 89.4 Å². The summed E-state index contributed by atoms with van der Waals surface area (Å²) in [5.74, 6) is -0.311. The maximum Gasteiger partial charge on any atom is 0.303 e. The van der Waals surface area contributed by atoms with E-state index in [2.05, 4.69) is 36.4 Å². The molecule has 1 aliphatic heterocycles. The third kappa shape index (κ3) is 2.12. The zero-order valence-corrected chi connectivity index (χ0v) is 8.76. The largest absolute Gasteiger partial charge is 0.481 e. The summed E-state index contributed by atoms with van der Waals surface area (Å²) >= 11 is 0. The second-order valence-electron chi connectivity index (χ2n) is 4.07. The maximum absolute atomic E-state index is 10.4. The second kappa shape index (κ2) is 3.93. The lowest BCUT2D eigenvalue weighted by Crippen LogP contribution is -2.27. The van der Waals surface area contributed by atoms with Crippen molar-refractivity contribution in [1.29, 1.82) is 0 Å². The summed E-state index contributed by atoms with van der Waals surface area (Å²) in [6.45, 7) is 0. The first-order chi connectivity index (χ1) is 7.16. The lowest BCUT2D eigenvalue weighted by atomic mass is 9.91. The van der Waals surface area contributed by atoms with Crippen LogP contribution in [0.15, 0.2) is 36.1 Å². The highest BCUT2D eigenvalue weighted by molar-refractivity contribution is 5.67. The van der Waals surface area contributed by atoms with Crippen LogP contribution in [0.1, 0.15) is 12.8 Å². The number of hydrogen-bond donors (Lipinski definition) is 1. The molecule has 0 aromatic carbocycles. The molecule has 0 radical (unpaired) electrons. The van der Waals surface area contributed by atoms with Crippen molar-refractivity contribution in [2.45, 2.75) is 18.9 Å². The molecular weight excluding hydrogens is 190 g/mol. The molecule has 1 aliphatic carbocycles. The number of aliphatic carboxylic acids is 1. The molecule has 1 heterocycles. The smallest absolute Gasteiger partial charge is 0.303 e. The monoisotopic (exact) mass is 205 g/mol. The highest BCUT2D eigenvalue weighted by Crippen LogP contribution is 2.28. The molecule has 2 atom stereocenters. The van der Waals surface area contributed by atoms with Gasteiger partial charge in [-0.3, -0.25) is 4.79 Å². The fourth-order valence-electron chi connectivity index (χ4n) is 2.08. The van der Waals surface area contributed by atoms with Gasteiger partial charge in [-0.05, 0) is 12.6 Å². The topological polar surface area (TPSA) is 40.5 Å². The molecule has 0 spiro atoms. The molecule has 2 unspecified atom stereocenters. The zero-order chi connectivity index (χ0) is 10.8. The van der Waals surface area contributed by atoms with Crippen LogP contribution in [-0.4, -0.2) is 29.1 Å². The maximum atomic E-state index is 10.4. The van der Waals surface area contributed by atoms with Crippen molar-refractivity contribution in [3.63, 3.8) is 0 Å². The number of allylic oxidation sites excluding steroid dienone is 2. The molecule has 15 heavy (non-hydrogen) atoms. The SMILES string of the molecule is CN1C=CC2C=C(CCC(=O)O)C=CC21. The van der Waals surface area contributed by atoms with Crippen molar-refractivity contribution >= 4 is 5.97 Å². The summed E-state index contributed by atoms with van der Waals surface area (Å²) in [6.07, 6.45) is 11.5. The Balaban J connectivity index is 2.00. The number of carboxylic acids is 1. The van der Waals surface area contributed by atoms with Gasteiger partial charge in [0, 0.05) is 19.4 Å². The Morgan fingerprint density at radius 3 is 3.07 bits per heavy atom. The first-order valence-electron chi connectivity index (χ1n) is 5.18. The van der Waals surface area contributed by atoms with Gasteiger partial charge in [0.2, 0.25) is 0 Å². The lowest BCUT2D eigenvalue weighted by Gasteiger charge is -2.25. The van der Waals surface area contributed by atoms with E-state index in [0.717, 1.165) is 5.57 Å². The number of rotatable bonds is 3. The van der Waals surface area contributed by atoms with Crippen molar-refractivity contribution in [2.24, 2.45) is 5.92 Å². The molecule has 1 N–H and O–H groups in total. The Kier molecular flexibility index (Phi) is 2.62. The minimum Gasteiger partial charge on any atom is -0.481 e. The molecule has 3 nitrogen and oxygen atoms in total. The van der Waals surface area contributed by atoms with Gasteiger partial charge in [-0.25, -0.2) is 0 Å². The first-order valence-corrected chi connectivity index (χ1v) is 5.18. The molecule has 80 valence electrons. The van der Waals surface area contributed by atoms with Gasteiger partial charge in [-0.15, -0.1) is 0 Å². The van der Waals surface area contributed by atoms with Gasteiger partial charge in [0.1, 0.15) is 0 Å². The van der Waals surface area contributed by atoms with Crippen LogP contribution >= 0.6 is 0 Å². The fraction of sp³-hybridized carbons (Fsp3) is 0.417. The predicted molar refractivity (Wildman–Crippen MR) is 58.3 cm³/mol. The first kappa shape index (κ1) is 10.0. The molecule has 0 aromatic heterocycles. The van der Waals surface area contributed by atoms with Gasteiger partial charge in [0.05, 0.1) is 6.04 Å². The van der Waals surface area contributed by atoms with Gasteiger partial charge >= 0.3 is 5.97 Å². The number of carboxylic acid groups (broad SMARTS) is 1. The average Bonchev–Trinajstić information content (AvgIpc) is 2.57. The molecule has 2 rings (SSSR count). The van der Waals surface area contributed by atoms with Crippen molar-refractivity contribution in [1.82, 2.24) is 4.90 Å². The Hall–Kier alpha value is -1.51. The number of hydrogen-bond acceptors (Lipinski definition) is 2. The molecule has 3 heteroatoms. The standard InChI is InChI=1S/C12H15NO2/c1-13-7-6-10-8-9(2-4-11(10)13)3-5-12(14)15/h2,4,6-8,10-11H,3,5H2,1H3,(H,14,15). The number of likely N-dealkylation sites (N-methyl/N-ethyl adjacent to an activating group) is 1. The van der Waals surface area contributed by atoms with Gasteiger partial charge in [-0.2, -0.15) is 0 Å². The minimum atomic E-state index is -0.731. The highest BCUT2D eigenvalue weighted by Gasteiger charge is 2.25. The highest BCUT2D eigenvalue weighted by atomic mass is 16.4. The quantitative estimate of drug-likeness (QED) is 0.763. The van der Waals surface area contributed by atoms with Gasteiger partial charge < -0.3 is 10.0 Å². The van der Waals surface area contributed by atoms with Crippen LogP contribution in [0.2, 0.25) is 0 Å². The summed E-state index contributed by atoms with van der Waals surface area (Å²) in [5.41, 5.74) is 1.14. The second-order valence-corrected chi connectivity index (χ2v) is 4.07. The molecule has 0 saturated heterocycles. The van der Waals surface area contributed by atoms with Crippen LogP contribution in [0, 0.1) is 5.92 Å². The van der Waals surface area contributed by atoms with Gasteiger partial charge in [0.25, 0.3) is 0 Å². The van der Waals surface area contributed by atoms with Crippen LogP contribution in [0.4, 0.5) is 0 Å². The van der Waals surface area contributed by atoms with Gasteiger partial charge in [-0.1, -0.05) is 29.9 Å². The Bertz CT molecular complexity index is 355. The Morgan fingerprint density at radius 2 is 2.33 bits per heavy atom. The molecule has 0 saturated carbocycles. The van der Waals surface area contributed by atoms with Crippen molar-refractivity contribution in [3.05, 3.63) is 36.1 Å². The lowest BCUT2D eigenvalue weighted by molar-refractivity contribution is -0.136. The molecule has 0 aromatic rings. The van der Waals surface area contributed by atoms with Crippen LogP contribution in [-0.2, 0) is 4.79 Å². The Morgan fingerprint density at radius 1 is 1.53 bits per heavy atom. The van der Waals surface area contributed by atoms with Crippen molar-refractivity contribution in [3.8, 4) is 0 Å². The molecule has 0 bridgehead atoms. The summed E-state index contributed by atoms with van der Waals surface area (Å²) in [6, 6.07) is 0.429. The normalized spacial score (nSPS) is 27.8. The summed E-state index contributed by atoms with van der Waals surface area (Å²) in [7, 11) is 2.06. The van der Waals surface area contributed by atoms with E-state index in [1.165, 1.54) is 0 Å². The van der Waals surface area contributed by atoms with Crippen LogP contribution in [0.25, 0.3) is 0 Å². The van der Waals surface area contributed by atoms with Crippen molar-refractivity contribution in [2.75, 3.05) is 7.05 Å². The number of nitrogens with zero attached hydrogens (tertiary/aromatic N) is 1. The number of carbonyl (C=O) groups is 1. The third-order valence-electron chi connectivity index (χ3n) is 2.95. The van der Waals surface area contributed by atoms with E-state index in [9.17, 15) is 4.79 Å². The van der Waals surface area contributed by atoms with Crippen LogP contribution < -0.4 is 0 Å². The van der Waals surface area contributed by atoms with Crippen LogP contribution in [0.5, 0.6) is 0 Å². The summed E-state index contributed by atoms with van der Waals surface area (Å²) < 4.78 is 0. The molecular formula is C12H15NO2. The fourth-order valence-corrected chi connectivity index (χ4v) is 2.08. The van der Waals surface area contributed by atoms with E-state index in [1.54, 1.807) is 0 Å². The van der Waals surface area contributed by atoms with E-state index in [1.807, 2.05) is 6.08 Å². The minimum absolute atomic E-state index is 0.215. The third-order valence-corrected chi connectivity index (χ3v) is 2.95. The summed E-state index contributed by atoms with van der Waals surface area (Å²) in [4.78, 5) is 12.6. The van der Waals surface area contributed by atoms with Crippen LogP contribution in [0.3, 0.4) is 0 Å². The van der Waals surface area contributed by atoms with E-state index < -0.39 is 5.97 Å². The van der Waals surface area contributed by atoms with E-state index in [4.69, 9.17) is 5.11 Å². The zero-order valence-electron chi connectivity index (χ0n) is 8.76. The van der Waals surface area contributed by atoms with Gasteiger partial charge in [0.15, 0.2) is 0 Å². The van der Waals surface area contributed by atoms with Crippen molar-refractivity contribution < 1.29 is 9.90 Å². The predicted octanol–water partition coefficient (Wildman–Crippen LogP) is 1.79. The van der Waals surface area contributed by atoms with E-state index in [-0.39, 0.29) is 6.42 Å². The average molecular weight is 205 g/mol. The van der Waals surface area contributed by atoms with E-state index in [0.29, 0.717) is 18.4 Å². The molecule has 0 amide bonds. The van der Waals surface area contributed by atoms with E-state index >= 15 is 0 Å².